The van der Waals surface area contributed by atoms with Gasteiger partial charge in [0.2, 0.25) is 0 Å². The second kappa shape index (κ2) is 3.56. The molecule has 1 aromatic heterocycles. The Labute approximate surface area is 84.1 Å². The van der Waals surface area contributed by atoms with Crippen LogP contribution in [0.1, 0.15) is 41.9 Å². The molecular formula is C11H16N2O. The highest BCUT2D eigenvalue weighted by molar-refractivity contribution is 5.96. The minimum absolute atomic E-state index is 0.254. The molecule has 3 heteroatoms. The van der Waals surface area contributed by atoms with Gasteiger partial charge in [0.15, 0.2) is 5.78 Å². The van der Waals surface area contributed by atoms with Crippen molar-refractivity contribution in [1.29, 1.82) is 0 Å². The second-order valence-corrected chi connectivity index (χ2v) is 4.14. The predicted octanol–water partition coefficient (Wildman–Crippen LogP) is 2.10. The van der Waals surface area contributed by atoms with Crippen LogP contribution in [0.4, 0.5) is 0 Å². The molecule has 1 aromatic rings. The maximum absolute atomic E-state index is 12.0. The van der Waals surface area contributed by atoms with E-state index in [1.165, 1.54) is 12.8 Å². The van der Waals surface area contributed by atoms with Crippen LogP contribution in [-0.2, 0) is 7.05 Å². The van der Waals surface area contributed by atoms with Gasteiger partial charge < -0.3 is 0 Å². The van der Waals surface area contributed by atoms with Crippen molar-refractivity contribution in [2.24, 2.45) is 13.0 Å². The molecule has 0 saturated heterocycles. The van der Waals surface area contributed by atoms with Gasteiger partial charge in [-0.1, -0.05) is 12.8 Å². The summed E-state index contributed by atoms with van der Waals surface area (Å²) in [5.74, 6) is 0.537. The van der Waals surface area contributed by atoms with E-state index in [1.54, 1.807) is 4.68 Å². The van der Waals surface area contributed by atoms with E-state index in [-0.39, 0.29) is 11.7 Å². The smallest absolute Gasteiger partial charge is 0.183 e. The van der Waals surface area contributed by atoms with Crippen molar-refractivity contribution in [3.63, 3.8) is 0 Å². The molecule has 0 amide bonds. The van der Waals surface area contributed by atoms with Gasteiger partial charge in [-0.2, -0.15) is 5.10 Å². The van der Waals surface area contributed by atoms with Crippen LogP contribution in [0.3, 0.4) is 0 Å². The fourth-order valence-electron chi connectivity index (χ4n) is 2.24. The van der Waals surface area contributed by atoms with E-state index in [9.17, 15) is 4.79 Å². The van der Waals surface area contributed by atoms with Crippen LogP contribution in [0.2, 0.25) is 0 Å². The largest absolute Gasteiger partial charge is 0.292 e. The zero-order valence-corrected chi connectivity index (χ0v) is 8.79. The van der Waals surface area contributed by atoms with E-state index in [0.29, 0.717) is 0 Å². The number of rotatable bonds is 2. The van der Waals surface area contributed by atoms with Crippen LogP contribution in [-0.4, -0.2) is 15.6 Å². The number of nitrogens with zero attached hydrogens (tertiary/aromatic N) is 2. The first-order chi connectivity index (χ1) is 6.68. The lowest BCUT2D eigenvalue weighted by molar-refractivity contribution is 0.0913. The fraction of sp³-hybridized carbons (Fsp3) is 0.636. The number of hydrogen-bond donors (Lipinski definition) is 0. The molecular weight excluding hydrogens is 176 g/mol. The molecule has 1 heterocycles. The highest BCUT2D eigenvalue weighted by Crippen LogP contribution is 2.27. The van der Waals surface area contributed by atoms with Crippen LogP contribution in [0.25, 0.3) is 0 Å². The maximum Gasteiger partial charge on any atom is 0.183 e. The fourth-order valence-corrected chi connectivity index (χ4v) is 2.24. The van der Waals surface area contributed by atoms with Gasteiger partial charge in [0, 0.05) is 13.0 Å². The Morgan fingerprint density at radius 1 is 1.50 bits per heavy atom. The molecule has 1 aliphatic carbocycles. The highest BCUT2D eigenvalue weighted by Gasteiger charge is 2.25. The van der Waals surface area contributed by atoms with E-state index >= 15 is 0 Å². The molecule has 0 aliphatic heterocycles. The Bertz CT molecular complexity index is 348. The average molecular weight is 192 g/mol. The third-order valence-electron chi connectivity index (χ3n) is 2.98. The van der Waals surface area contributed by atoms with Crippen LogP contribution < -0.4 is 0 Å². The van der Waals surface area contributed by atoms with Crippen molar-refractivity contribution < 1.29 is 4.79 Å². The van der Waals surface area contributed by atoms with Gasteiger partial charge >= 0.3 is 0 Å². The van der Waals surface area contributed by atoms with Crippen LogP contribution in [0, 0.1) is 12.8 Å². The number of aromatic nitrogens is 2. The Balaban J connectivity index is 2.21. The molecule has 2 rings (SSSR count). The lowest BCUT2D eigenvalue weighted by Crippen LogP contribution is -2.15. The third-order valence-corrected chi connectivity index (χ3v) is 2.98. The van der Waals surface area contributed by atoms with Gasteiger partial charge in [0.25, 0.3) is 0 Å². The van der Waals surface area contributed by atoms with Crippen molar-refractivity contribution >= 4 is 5.78 Å². The predicted molar refractivity (Wildman–Crippen MR) is 54.2 cm³/mol. The molecule has 1 fully saturated rings. The number of carbonyl (C=O) groups excluding carboxylic acids is 1. The van der Waals surface area contributed by atoms with Crippen molar-refractivity contribution in [1.82, 2.24) is 9.78 Å². The van der Waals surface area contributed by atoms with E-state index in [0.717, 1.165) is 24.2 Å². The summed E-state index contributed by atoms with van der Waals surface area (Å²) in [6.45, 7) is 1.92. The molecule has 0 unspecified atom stereocenters. The van der Waals surface area contributed by atoms with Gasteiger partial charge in [0.05, 0.1) is 5.69 Å². The minimum atomic E-state index is 0.254. The quantitative estimate of drug-likeness (QED) is 0.672. The van der Waals surface area contributed by atoms with Crippen LogP contribution >= 0.6 is 0 Å². The highest BCUT2D eigenvalue weighted by atomic mass is 16.1. The Morgan fingerprint density at radius 2 is 2.14 bits per heavy atom. The molecule has 3 nitrogen and oxygen atoms in total. The SMILES string of the molecule is Cc1cc(C(=O)C2CCCC2)n(C)n1. The topological polar surface area (TPSA) is 34.9 Å². The minimum Gasteiger partial charge on any atom is -0.292 e. The summed E-state index contributed by atoms with van der Waals surface area (Å²) in [6.07, 6.45) is 4.52. The summed E-state index contributed by atoms with van der Waals surface area (Å²) < 4.78 is 1.70. The molecule has 0 spiro atoms. The first-order valence-corrected chi connectivity index (χ1v) is 5.23. The summed E-state index contributed by atoms with van der Waals surface area (Å²) in [7, 11) is 1.84. The molecule has 0 radical (unpaired) electrons. The zero-order valence-electron chi connectivity index (χ0n) is 8.79. The van der Waals surface area contributed by atoms with E-state index < -0.39 is 0 Å². The monoisotopic (exact) mass is 192 g/mol. The molecule has 0 aromatic carbocycles. The zero-order chi connectivity index (χ0) is 10.1. The summed E-state index contributed by atoms with van der Waals surface area (Å²) in [4.78, 5) is 12.0. The Kier molecular flexibility index (Phi) is 2.40. The van der Waals surface area contributed by atoms with E-state index in [4.69, 9.17) is 0 Å². The molecule has 0 N–H and O–H groups in total. The van der Waals surface area contributed by atoms with Gasteiger partial charge in [0.1, 0.15) is 5.69 Å². The van der Waals surface area contributed by atoms with Crippen LogP contribution in [0.15, 0.2) is 6.07 Å². The molecule has 0 atom stereocenters. The van der Waals surface area contributed by atoms with Crippen LogP contribution in [0.5, 0.6) is 0 Å². The van der Waals surface area contributed by atoms with Gasteiger partial charge in [-0.25, -0.2) is 0 Å². The molecule has 1 saturated carbocycles. The van der Waals surface area contributed by atoms with E-state index in [2.05, 4.69) is 5.10 Å². The maximum atomic E-state index is 12.0. The summed E-state index contributed by atoms with van der Waals surface area (Å²) in [5.41, 5.74) is 1.70. The second-order valence-electron chi connectivity index (χ2n) is 4.14. The van der Waals surface area contributed by atoms with Crippen molar-refractivity contribution in [3.8, 4) is 0 Å². The van der Waals surface area contributed by atoms with Gasteiger partial charge in [-0.15, -0.1) is 0 Å². The van der Waals surface area contributed by atoms with Crippen molar-refractivity contribution in [3.05, 3.63) is 17.5 Å². The van der Waals surface area contributed by atoms with Crippen molar-refractivity contribution in [2.75, 3.05) is 0 Å². The number of ketones is 1. The Morgan fingerprint density at radius 3 is 2.64 bits per heavy atom. The lowest BCUT2D eigenvalue weighted by Gasteiger charge is -2.06. The first kappa shape index (κ1) is 9.44. The Hall–Kier alpha value is -1.12. The lowest BCUT2D eigenvalue weighted by atomic mass is 10.00. The number of aryl methyl sites for hydroxylation is 2. The first-order valence-electron chi connectivity index (χ1n) is 5.23. The molecule has 0 bridgehead atoms. The molecule has 76 valence electrons. The average Bonchev–Trinajstić information content (AvgIpc) is 2.73. The summed E-state index contributed by atoms with van der Waals surface area (Å²) >= 11 is 0. The summed E-state index contributed by atoms with van der Waals surface area (Å²) in [5, 5.41) is 4.20. The number of Topliss-reactive ketones (excluding diaryl/α,β-unsaturated/α-hetero) is 1. The standard InChI is InChI=1S/C11H16N2O/c1-8-7-10(13(2)12-8)11(14)9-5-3-4-6-9/h7,9H,3-6H2,1-2H3. The van der Waals surface area contributed by atoms with Gasteiger partial charge in [-0.3, -0.25) is 9.48 Å². The normalized spacial score (nSPS) is 17.6. The molecule has 14 heavy (non-hydrogen) atoms. The van der Waals surface area contributed by atoms with Gasteiger partial charge in [-0.05, 0) is 25.8 Å². The number of hydrogen-bond acceptors (Lipinski definition) is 2. The summed E-state index contributed by atoms with van der Waals surface area (Å²) in [6, 6.07) is 1.89. The number of carbonyl (C=O) groups is 1. The van der Waals surface area contributed by atoms with Crippen molar-refractivity contribution in [2.45, 2.75) is 32.6 Å². The molecule has 1 aliphatic rings. The van der Waals surface area contributed by atoms with E-state index in [1.807, 2.05) is 20.0 Å². The third kappa shape index (κ3) is 1.59.